The molecular weight excluding hydrogens is 212 g/mol. The van der Waals surface area contributed by atoms with Gasteiger partial charge < -0.3 is 10.6 Å². The lowest BCUT2D eigenvalue weighted by Crippen LogP contribution is -2.44. The van der Waals surface area contributed by atoms with Crippen LogP contribution in [0, 0.1) is 11.3 Å². The van der Waals surface area contributed by atoms with E-state index < -0.39 is 0 Å². The van der Waals surface area contributed by atoms with E-state index in [1.165, 1.54) is 38.5 Å². The molecule has 1 amide bonds. The Kier molecular flexibility index (Phi) is 4.08. The maximum absolute atomic E-state index is 12.2. The van der Waals surface area contributed by atoms with Gasteiger partial charge in [-0.15, -0.1) is 0 Å². The number of carbonyl (C=O) groups excluding carboxylic acids is 1. The van der Waals surface area contributed by atoms with E-state index in [9.17, 15) is 4.79 Å². The number of amides is 1. The number of hydrogen-bond acceptors (Lipinski definition) is 2. The maximum atomic E-state index is 12.2. The van der Waals surface area contributed by atoms with Crippen molar-refractivity contribution in [1.29, 1.82) is 0 Å². The monoisotopic (exact) mass is 238 g/mol. The summed E-state index contributed by atoms with van der Waals surface area (Å²) in [5.74, 6) is 0.431. The Bertz CT molecular complexity index is 261. The van der Waals surface area contributed by atoms with Gasteiger partial charge in [-0.3, -0.25) is 4.79 Å². The molecule has 0 radical (unpaired) electrons. The molecule has 98 valence electrons. The Labute approximate surface area is 105 Å². The van der Waals surface area contributed by atoms with Crippen molar-refractivity contribution in [1.82, 2.24) is 4.90 Å². The average molecular weight is 238 g/mol. The smallest absolute Gasteiger partial charge is 0.225 e. The Morgan fingerprint density at radius 3 is 2.35 bits per heavy atom. The Morgan fingerprint density at radius 2 is 1.82 bits per heavy atom. The Morgan fingerprint density at radius 1 is 1.24 bits per heavy atom. The molecule has 0 aromatic rings. The number of likely N-dealkylation sites (tertiary alicyclic amines) is 1. The zero-order chi connectivity index (χ0) is 12.3. The van der Waals surface area contributed by atoms with E-state index >= 15 is 0 Å². The first-order chi connectivity index (χ1) is 8.17. The van der Waals surface area contributed by atoms with Gasteiger partial charge in [-0.25, -0.2) is 0 Å². The number of rotatable bonds is 3. The molecule has 17 heavy (non-hydrogen) atoms. The summed E-state index contributed by atoms with van der Waals surface area (Å²) < 4.78 is 0. The molecule has 3 heteroatoms. The van der Waals surface area contributed by atoms with Crippen molar-refractivity contribution < 1.29 is 4.79 Å². The van der Waals surface area contributed by atoms with Crippen molar-refractivity contribution in [2.24, 2.45) is 17.1 Å². The van der Waals surface area contributed by atoms with Gasteiger partial charge in [-0.1, -0.05) is 19.8 Å². The van der Waals surface area contributed by atoms with Crippen LogP contribution in [0.4, 0.5) is 0 Å². The van der Waals surface area contributed by atoms with Crippen LogP contribution in [0.5, 0.6) is 0 Å². The fraction of sp³-hybridized carbons (Fsp3) is 0.929. The Balaban J connectivity index is 1.84. The topological polar surface area (TPSA) is 46.3 Å². The third-order valence-corrected chi connectivity index (χ3v) is 4.82. The highest BCUT2D eigenvalue weighted by atomic mass is 16.2. The van der Waals surface area contributed by atoms with Crippen LogP contribution in [0.1, 0.15) is 51.9 Å². The minimum Gasteiger partial charge on any atom is -0.342 e. The van der Waals surface area contributed by atoms with Crippen LogP contribution in [0.3, 0.4) is 0 Å². The molecule has 1 saturated carbocycles. The molecule has 1 atom stereocenters. The number of nitrogens with zero attached hydrogens (tertiary/aromatic N) is 1. The summed E-state index contributed by atoms with van der Waals surface area (Å²) in [6, 6.07) is 0. The van der Waals surface area contributed by atoms with Gasteiger partial charge in [0, 0.05) is 19.0 Å². The zero-order valence-electron chi connectivity index (χ0n) is 11.1. The predicted octanol–water partition coefficient (Wildman–Crippen LogP) is 2.15. The third kappa shape index (κ3) is 2.82. The van der Waals surface area contributed by atoms with Crippen molar-refractivity contribution in [3.8, 4) is 0 Å². The molecular formula is C14H26N2O. The molecule has 1 aliphatic heterocycles. The van der Waals surface area contributed by atoms with Crippen LogP contribution >= 0.6 is 0 Å². The first-order valence-electron chi connectivity index (χ1n) is 7.16. The van der Waals surface area contributed by atoms with Crippen LogP contribution in [-0.4, -0.2) is 30.4 Å². The SMILES string of the molecule is CC(CCN)C(=O)N1CCC2(CCCC2)CC1. The minimum atomic E-state index is 0.109. The van der Waals surface area contributed by atoms with Gasteiger partial charge in [-0.2, -0.15) is 0 Å². The lowest BCUT2D eigenvalue weighted by Gasteiger charge is -2.40. The molecule has 1 saturated heterocycles. The van der Waals surface area contributed by atoms with Gasteiger partial charge >= 0.3 is 0 Å². The molecule has 1 spiro atoms. The maximum Gasteiger partial charge on any atom is 0.225 e. The highest BCUT2D eigenvalue weighted by Crippen LogP contribution is 2.46. The first kappa shape index (κ1) is 12.9. The molecule has 2 fully saturated rings. The quantitative estimate of drug-likeness (QED) is 0.819. The normalized spacial score (nSPS) is 25.2. The van der Waals surface area contributed by atoms with Gasteiger partial charge in [-0.05, 0) is 44.1 Å². The molecule has 0 aromatic heterocycles. The molecule has 2 rings (SSSR count). The number of piperidine rings is 1. The Hall–Kier alpha value is -0.570. The average Bonchev–Trinajstić information content (AvgIpc) is 2.78. The number of hydrogen-bond donors (Lipinski definition) is 1. The highest BCUT2D eigenvalue weighted by molar-refractivity contribution is 5.78. The second-order valence-electron chi connectivity index (χ2n) is 6.01. The van der Waals surface area contributed by atoms with Crippen LogP contribution < -0.4 is 5.73 Å². The molecule has 1 unspecified atom stereocenters. The summed E-state index contributed by atoms with van der Waals surface area (Å²) in [4.78, 5) is 14.2. The summed E-state index contributed by atoms with van der Waals surface area (Å²) >= 11 is 0. The molecule has 3 nitrogen and oxygen atoms in total. The molecule has 0 bridgehead atoms. The van der Waals surface area contributed by atoms with Crippen molar-refractivity contribution in [2.45, 2.75) is 51.9 Å². The van der Waals surface area contributed by atoms with E-state index in [0.29, 0.717) is 17.9 Å². The summed E-state index contributed by atoms with van der Waals surface area (Å²) in [5, 5.41) is 0. The standard InChI is InChI=1S/C14H26N2O/c1-12(4-9-15)13(17)16-10-7-14(8-11-16)5-2-3-6-14/h12H,2-11,15H2,1H3. The molecule has 1 aliphatic carbocycles. The van der Waals surface area contributed by atoms with Crippen LogP contribution in [0.15, 0.2) is 0 Å². The van der Waals surface area contributed by atoms with Gasteiger partial charge in [0.05, 0.1) is 0 Å². The fourth-order valence-electron chi connectivity index (χ4n) is 3.51. The fourth-order valence-corrected chi connectivity index (χ4v) is 3.51. The van der Waals surface area contributed by atoms with Crippen molar-refractivity contribution >= 4 is 5.91 Å². The third-order valence-electron chi connectivity index (χ3n) is 4.82. The van der Waals surface area contributed by atoms with Crippen LogP contribution in [0.2, 0.25) is 0 Å². The van der Waals surface area contributed by atoms with E-state index in [-0.39, 0.29) is 5.92 Å². The van der Waals surface area contributed by atoms with E-state index in [0.717, 1.165) is 19.5 Å². The largest absolute Gasteiger partial charge is 0.342 e. The van der Waals surface area contributed by atoms with E-state index in [2.05, 4.69) is 4.90 Å². The summed E-state index contributed by atoms with van der Waals surface area (Å²) in [6.07, 6.45) is 8.87. The van der Waals surface area contributed by atoms with Crippen LogP contribution in [0.25, 0.3) is 0 Å². The summed E-state index contributed by atoms with van der Waals surface area (Å²) in [6.45, 7) is 4.58. The summed E-state index contributed by atoms with van der Waals surface area (Å²) in [5.41, 5.74) is 6.13. The second-order valence-corrected chi connectivity index (χ2v) is 6.01. The van der Waals surface area contributed by atoms with E-state index in [1.807, 2.05) is 6.92 Å². The summed E-state index contributed by atoms with van der Waals surface area (Å²) in [7, 11) is 0. The number of carbonyl (C=O) groups is 1. The number of nitrogens with two attached hydrogens (primary N) is 1. The van der Waals surface area contributed by atoms with E-state index in [4.69, 9.17) is 5.73 Å². The van der Waals surface area contributed by atoms with Crippen molar-refractivity contribution in [2.75, 3.05) is 19.6 Å². The van der Waals surface area contributed by atoms with Gasteiger partial charge in [0.2, 0.25) is 5.91 Å². The lowest BCUT2D eigenvalue weighted by atomic mass is 9.77. The van der Waals surface area contributed by atoms with Gasteiger partial charge in [0.15, 0.2) is 0 Å². The molecule has 2 N–H and O–H groups in total. The van der Waals surface area contributed by atoms with Crippen molar-refractivity contribution in [3.05, 3.63) is 0 Å². The van der Waals surface area contributed by atoms with Crippen molar-refractivity contribution in [3.63, 3.8) is 0 Å². The van der Waals surface area contributed by atoms with Gasteiger partial charge in [0.1, 0.15) is 0 Å². The highest BCUT2D eigenvalue weighted by Gasteiger charge is 2.38. The minimum absolute atomic E-state index is 0.109. The van der Waals surface area contributed by atoms with Gasteiger partial charge in [0.25, 0.3) is 0 Å². The predicted molar refractivity (Wildman–Crippen MR) is 69.6 cm³/mol. The molecule has 0 aromatic carbocycles. The second kappa shape index (κ2) is 5.38. The zero-order valence-corrected chi connectivity index (χ0v) is 11.1. The van der Waals surface area contributed by atoms with E-state index in [1.54, 1.807) is 0 Å². The van der Waals surface area contributed by atoms with Crippen LogP contribution in [-0.2, 0) is 4.79 Å². The molecule has 1 heterocycles. The lowest BCUT2D eigenvalue weighted by molar-refractivity contribution is -0.137. The molecule has 2 aliphatic rings. The first-order valence-corrected chi connectivity index (χ1v) is 7.16.